The lowest BCUT2D eigenvalue weighted by Crippen LogP contribution is -2.39. The van der Waals surface area contributed by atoms with Crippen molar-refractivity contribution in [1.82, 2.24) is 5.32 Å². The van der Waals surface area contributed by atoms with Crippen molar-refractivity contribution in [2.24, 2.45) is 5.92 Å². The molecular weight excluding hydrogens is 272 g/mol. The second-order valence-electron chi connectivity index (χ2n) is 5.18. The fraction of sp³-hybridized carbons (Fsp3) is 0.571. The van der Waals surface area contributed by atoms with E-state index >= 15 is 0 Å². The van der Waals surface area contributed by atoms with Crippen molar-refractivity contribution in [3.8, 4) is 0 Å². The summed E-state index contributed by atoms with van der Waals surface area (Å²) < 4.78 is 51.5. The first-order chi connectivity index (χ1) is 9.41. The van der Waals surface area contributed by atoms with Gasteiger partial charge in [0.15, 0.2) is 0 Å². The standard InChI is InChI=1S/C14H18F4N2/c1-19-8-10-3-2-6-20(9-10)13-5-4-11(7-12(13)15)14(16,17)18/h4-5,7,10,19H,2-3,6,8-9H2,1H3. The van der Waals surface area contributed by atoms with E-state index in [9.17, 15) is 17.6 Å². The summed E-state index contributed by atoms with van der Waals surface area (Å²) in [7, 11) is 1.86. The molecule has 0 amide bonds. The Labute approximate surface area is 115 Å². The van der Waals surface area contributed by atoms with Crippen LogP contribution in [0.15, 0.2) is 18.2 Å². The lowest BCUT2D eigenvalue weighted by molar-refractivity contribution is -0.137. The molecule has 6 heteroatoms. The van der Waals surface area contributed by atoms with Crippen LogP contribution in [0.1, 0.15) is 18.4 Å². The Kier molecular flexibility index (Phi) is 4.52. The number of hydrogen-bond donors (Lipinski definition) is 1. The summed E-state index contributed by atoms with van der Waals surface area (Å²) in [6.07, 6.45) is -2.53. The highest BCUT2D eigenvalue weighted by Crippen LogP contribution is 2.33. The topological polar surface area (TPSA) is 15.3 Å². The van der Waals surface area contributed by atoms with E-state index in [1.807, 2.05) is 11.9 Å². The van der Waals surface area contributed by atoms with E-state index in [1.165, 1.54) is 6.07 Å². The maximum atomic E-state index is 13.9. The zero-order valence-electron chi connectivity index (χ0n) is 11.3. The summed E-state index contributed by atoms with van der Waals surface area (Å²) >= 11 is 0. The molecule has 1 aromatic carbocycles. The minimum atomic E-state index is -4.50. The van der Waals surface area contributed by atoms with Gasteiger partial charge in [-0.1, -0.05) is 0 Å². The first kappa shape index (κ1) is 15.1. The summed E-state index contributed by atoms with van der Waals surface area (Å²) in [4.78, 5) is 1.83. The van der Waals surface area contributed by atoms with Crippen molar-refractivity contribution in [3.63, 3.8) is 0 Å². The summed E-state index contributed by atoms with van der Waals surface area (Å²) in [6.45, 7) is 2.18. The van der Waals surface area contributed by atoms with Gasteiger partial charge in [0.2, 0.25) is 0 Å². The molecule has 0 radical (unpaired) electrons. The number of benzene rings is 1. The largest absolute Gasteiger partial charge is 0.416 e. The lowest BCUT2D eigenvalue weighted by Gasteiger charge is -2.34. The van der Waals surface area contributed by atoms with E-state index in [-0.39, 0.29) is 5.69 Å². The summed E-state index contributed by atoms with van der Waals surface area (Å²) in [5, 5.41) is 3.08. The first-order valence-electron chi connectivity index (χ1n) is 6.68. The van der Waals surface area contributed by atoms with Crippen LogP contribution in [0, 0.1) is 11.7 Å². The maximum absolute atomic E-state index is 13.9. The molecule has 0 saturated carbocycles. The van der Waals surface area contributed by atoms with Gasteiger partial charge in [-0.3, -0.25) is 0 Å². The molecular formula is C14H18F4N2. The number of halogens is 4. The molecule has 112 valence electrons. The molecule has 1 unspecified atom stereocenters. The van der Waals surface area contributed by atoms with E-state index in [1.54, 1.807) is 0 Å². The Hall–Kier alpha value is -1.30. The second-order valence-corrected chi connectivity index (χ2v) is 5.18. The third-order valence-electron chi connectivity index (χ3n) is 3.63. The molecule has 2 rings (SSSR count). The summed E-state index contributed by atoms with van der Waals surface area (Å²) in [6, 6.07) is 2.76. The van der Waals surface area contributed by atoms with Crippen molar-refractivity contribution in [2.75, 3.05) is 31.6 Å². The molecule has 1 atom stereocenters. The van der Waals surface area contributed by atoms with Crippen LogP contribution >= 0.6 is 0 Å². The highest BCUT2D eigenvalue weighted by Gasteiger charge is 2.32. The fourth-order valence-corrected chi connectivity index (χ4v) is 2.68. The number of rotatable bonds is 3. The van der Waals surface area contributed by atoms with Gasteiger partial charge in [0.05, 0.1) is 11.3 Å². The van der Waals surface area contributed by atoms with Gasteiger partial charge in [-0.05, 0) is 50.6 Å². The predicted octanol–water partition coefficient (Wildman–Crippen LogP) is 3.28. The normalized spacial score (nSPS) is 20.2. The molecule has 0 aliphatic carbocycles. The van der Waals surface area contributed by atoms with Gasteiger partial charge >= 0.3 is 6.18 Å². The van der Waals surface area contributed by atoms with E-state index in [0.29, 0.717) is 25.1 Å². The molecule has 20 heavy (non-hydrogen) atoms. The molecule has 0 bridgehead atoms. The number of hydrogen-bond acceptors (Lipinski definition) is 2. The van der Waals surface area contributed by atoms with Crippen molar-refractivity contribution in [2.45, 2.75) is 19.0 Å². The highest BCUT2D eigenvalue weighted by molar-refractivity contribution is 5.50. The van der Waals surface area contributed by atoms with Crippen LogP contribution in [-0.4, -0.2) is 26.7 Å². The average Bonchev–Trinajstić information content (AvgIpc) is 2.38. The van der Waals surface area contributed by atoms with Crippen LogP contribution in [-0.2, 0) is 6.18 Å². The first-order valence-corrected chi connectivity index (χ1v) is 6.68. The third-order valence-corrected chi connectivity index (χ3v) is 3.63. The number of anilines is 1. The molecule has 0 spiro atoms. The average molecular weight is 290 g/mol. The van der Waals surface area contributed by atoms with Crippen LogP contribution in [0.2, 0.25) is 0 Å². The van der Waals surface area contributed by atoms with Gasteiger partial charge in [0.25, 0.3) is 0 Å². The zero-order valence-corrected chi connectivity index (χ0v) is 11.3. The molecule has 0 aromatic heterocycles. The van der Waals surface area contributed by atoms with E-state index < -0.39 is 17.6 Å². The lowest BCUT2D eigenvalue weighted by atomic mass is 9.97. The van der Waals surface area contributed by atoms with Gasteiger partial charge in [-0.25, -0.2) is 4.39 Å². The minimum Gasteiger partial charge on any atom is -0.369 e. The van der Waals surface area contributed by atoms with E-state index in [0.717, 1.165) is 25.5 Å². The van der Waals surface area contributed by atoms with E-state index in [2.05, 4.69) is 5.32 Å². The number of alkyl halides is 3. The van der Waals surface area contributed by atoms with Crippen molar-refractivity contribution in [3.05, 3.63) is 29.6 Å². The van der Waals surface area contributed by atoms with Gasteiger partial charge in [0.1, 0.15) is 5.82 Å². The fourth-order valence-electron chi connectivity index (χ4n) is 2.68. The zero-order chi connectivity index (χ0) is 14.8. The Morgan fingerprint density at radius 2 is 2.10 bits per heavy atom. The second kappa shape index (κ2) is 5.99. The summed E-state index contributed by atoms with van der Waals surface area (Å²) in [5.74, 6) is -0.402. The van der Waals surface area contributed by atoms with Gasteiger partial charge in [-0.2, -0.15) is 13.2 Å². The number of nitrogens with one attached hydrogen (secondary N) is 1. The van der Waals surface area contributed by atoms with Gasteiger partial charge in [0, 0.05) is 13.1 Å². The highest BCUT2D eigenvalue weighted by atomic mass is 19.4. The Balaban J connectivity index is 2.16. The van der Waals surface area contributed by atoms with Crippen LogP contribution in [0.3, 0.4) is 0 Å². The predicted molar refractivity (Wildman–Crippen MR) is 70.3 cm³/mol. The van der Waals surface area contributed by atoms with Crippen molar-refractivity contribution < 1.29 is 17.6 Å². The molecule has 1 heterocycles. The molecule has 1 aliphatic heterocycles. The molecule has 1 aromatic rings. The van der Waals surface area contributed by atoms with Crippen LogP contribution < -0.4 is 10.2 Å². The Bertz CT molecular complexity index is 457. The molecule has 1 N–H and O–H groups in total. The van der Waals surface area contributed by atoms with E-state index in [4.69, 9.17) is 0 Å². The van der Waals surface area contributed by atoms with Gasteiger partial charge in [-0.15, -0.1) is 0 Å². The monoisotopic (exact) mass is 290 g/mol. The molecule has 1 fully saturated rings. The maximum Gasteiger partial charge on any atom is 0.416 e. The van der Waals surface area contributed by atoms with Crippen LogP contribution in [0.25, 0.3) is 0 Å². The smallest absolute Gasteiger partial charge is 0.369 e. The van der Waals surface area contributed by atoms with Crippen molar-refractivity contribution in [1.29, 1.82) is 0 Å². The van der Waals surface area contributed by atoms with Crippen LogP contribution in [0.4, 0.5) is 23.2 Å². The summed E-state index contributed by atoms with van der Waals surface area (Å²) in [5.41, 5.74) is -0.679. The Morgan fingerprint density at radius 1 is 1.35 bits per heavy atom. The Morgan fingerprint density at radius 3 is 2.70 bits per heavy atom. The minimum absolute atomic E-state index is 0.263. The SMILES string of the molecule is CNCC1CCCN(c2ccc(C(F)(F)F)cc2F)C1. The third kappa shape index (κ3) is 3.42. The number of piperidine rings is 1. The van der Waals surface area contributed by atoms with Gasteiger partial charge < -0.3 is 10.2 Å². The number of nitrogens with zero attached hydrogens (tertiary/aromatic N) is 1. The quantitative estimate of drug-likeness (QED) is 0.859. The molecule has 2 nitrogen and oxygen atoms in total. The van der Waals surface area contributed by atoms with Crippen molar-refractivity contribution >= 4 is 5.69 Å². The molecule has 1 aliphatic rings. The van der Waals surface area contributed by atoms with Crippen LogP contribution in [0.5, 0.6) is 0 Å². The molecule has 1 saturated heterocycles.